The van der Waals surface area contributed by atoms with Gasteiger partial charge >= 0.3 is 5.69 Å². The van der Waals surface area contributed by atoms with Gasteiger partial charge in [0.2, 0.25) is 5.95 Å². The Morgan fingerprint density at radius 2 is 2.10 bits per heavy atom. The van der Waals surface area contributed by atoms with Gasteiger partial charge in [-0.05, 0) is 19.4 Å². The van der Waals surface area contributed by atoms with Gasteiger partial charge in [-0.15, -0.1) is 0 Å². The van der Waals surface area contributed by atoms with Gasteiger partial charge in [0.1, 0.15) is 0 Å². The van der Waals surface area contributed by atoms with Crippen LogP contribution in [0.2, 0.25) is 0 Å². The summed E-state index contributed by atoms with van der Waals surface area (Å²) in [5, 5.41) is 3.14. The van der Waals surface area contributed by atoms with Crippen LogP contribution in [0.15, 0.2) is 9.59 Å². The quantitative estimate of drug-likeness (QED) is 0.622. The zero-order valence-electron chi connectivity index (χ0n) is 12.5. The van der Waals surface area contributed by atoms with Gasteiger partial charge in [-0.2, -0.15) is 4.98 Å². The molecule has 0 amide bonds. The molecule has 4 N–H and O–H groups in total. The van der Waals surface area contributed by atoms with E-state index in [0.29, 0.717) is 36.7 Å². The van der Waals surface area contributed by atoms with E-state index >= 15 is 0 Å². The minimum absolute atomic E-state index is 0.404. The van der Waals surface area contributed by atoms with Crippen LogP contribution in [0.25, 0.3) is 11.2 Å². The van der Waals surface area contributed by atoms with Gasteiger partial charge in [0, 0.05) is 20.1 Å². The second kappa shape index (κ2) is 6.57. The Morgan fingerprint density at radius 1 is 1.33 bits per heavy atom. The molecule has 0 aliphatic carbocycles. The molecule has 0 spiro atoms. The van der Waals surface area contributed by atoms with Crippen molar-refractivity contribution in [1.82, 2.24) is 19.1 Å². The average Bonchev–Trinajstić information content (AvgIpc) is 2.77. The summed E-state index contributed by atoms with van der Waals surface area (Å²) in [6.07, 6.45) is 2.62. The molecule has 2 heterocycles. The van der Waals surface area contributed by atoms with E-state index in [4.69, 9.17) is 5.73 Å². The topological polar surface area (TPSA) is 111 Å². The van der Waals surface area contributed by atoms with Crippen molar-refractivity contribution in [3.63, 3.8) is 0 Å². The Bertz CT molecular complexity index is 727. The van der Waals surface area contributed by atoms with Crippen molar-refractivity contribution >= 4 is 17.1 Å². The molecule has 0 unspecified atom stereocenters. The highest BCUT2D eigenvalue weighted by Gasteiger charge is 2.15. The number of aromatic amines is 1. The number of hydrogen-bond acceptors (Lipinski definition) is 5. The fourth-order valence-corrected chi connectivity index (χ4v) is 2.23. The van der Waals surface area contributed by atoms with Crippen LogP contribution in [-0.4, -0.2) is 32.2 Å². The van der Waals surface area contributed by atoms with Crippen LogP contribution in [0.3, 0.4) is 0 Å². The molecule has 0 bridgehead atoms. The fraction of sp³-hybridized carbons (Fsp3) is 0.615. The number of imidazole rings is 1. The van der Waals surface area contributed by atoms with Crippen LogP contribution in [-0.2, 0) is 13.6 Å². The van der Waals surface area contributed by atoms with Gasteiger partial charge in [0.25, 0.3) is 5.56 Å². The number of aromatic nitrogens is 4. The van der Waals surface area contributed by atoms with Gasteiger partial charge in [-0.25, -0.2) is 4.79 Å². The molecule has 2 aromatic rings. The van der Waals surface area contributed by atoms with E-state index in [1.165, 1.54) is 4.57 Å². The molecule has 0 aromatic carbocycles. The van der Waals surface area contributed by atoms with Crippen molar-refractivity contribution in [3.8, 4) is 0 Å². The van der Waals surface area contributed by atoms with Gasteiger partial charge in [0.05, 0.1) is 0 Å². The molecule has 0 aliphatic rings. The van der Waals surface area contributed by atoms with E-state index in [1.807, 2.05) is 6.92 Å². The summed E-state index contributed by atoms with van der Waals surface area (Å²) in [5.74, 6) is 0.569. The average molecular weight is 294 g/mol. The standard InChI is InChI=1S/C13H22N6O2/c1-3-4-8-19-10-9(11(20)17-13(19)21)18(2)12(16-10)15-7-5-6-14/h3-8,14H2,1-2H3,(H,15,16)(H,17,20,21). The van der Waals surface area contributed by atoms with Crippen LogP contribution < -0.4 is 22.3 Å². The first-order chi connectivity index (χ1) is 10.1. The second-order valence-corrected chi connectivity index (χ2v) is 5.00. The molecule has 8 nitrogen and oxygen atoms in total. The predicted molar refractivity (Wildman–Crippen MR) is 82.7 cm³/mol. The Balaban J connectivity index is 2.51. The number of anilines is 1. The lowest BCUT2D eigenvalue weighted by molar-refractivity contribution is 0.613. The van der Waals surface area contributed by atoms with Gasteiger partial charge in [-0.1, -0.05) is 13.3 Å². The SMILES string of the molecule is CCCCn1c(=O)[nH]c(=O)c2c1nc(NCCCN)n2C. The normalized spacial score (nSPS) is 11.2. The second-order valence-electron chi connectivity index (χ2n) is 5.00. The summed E-state index contributed by atoms with van der Waals surface area (Å²) in [5.41, 5.74) is 5.47. The van der Waals surface area contributed by atoms with Crippen LogP contribution >= 0.6 is 0 Å². The number of aryl methyl sites for hydroxylation is 2. The summed E-state index contributed by atoms with van der Waals surface area (Å²) in [7, 11) is 1.75. The summed E-state index contributed by atoms with van der Waals surface area (Å²) in [6.45, 7) is 3.84. The van der Waals surface area contributed by atoms with Gasteiger partial charge in [0.15, 0.2) is 11.2 Å². The van der Waals surface area contributed by atoms with Crippen LogP contribution in [0.5, 0.6) is 0 Å². The van der Waals surface area contributed by atoms with E-state index < -0.39 is 11.2 Å². The molecule has 116 valence electrons. The van der Waals surface area contributed by atoms with Crippen molar-refractivity contribution in [2.75, 3.05) is 18.4 Å². The number of nitrogens with zero attached hydrogens (tertiary/aromatic N) is 3. The van der Waals surface area contributed by atoms with Crippen molar-refractivity contribution in [1.29, 1.82) is 0 Å². The molecule has 2 aromatic heterocycles. The maximum absolute atomic E-state index is 12.0. The zero-order valence-corrected chi connectivity index (χ0v) is 12.5. The summed E-state index contributed by atoms with van der Waals surface area (Å²) in [6, 6.07) is 0. The highest BCUT2D eigenvalue weighted by molar-refractivity contribution is 5.73. The fourth-order valence-electron chi connectivity index (χ4n) is 2.23. The highest BCUT2D eigenvalue weighted by atomic mass is 16.2. The first-order valence-electron chi connectivity index (χ1n) is 7.23. The molecule has 21 heavy (non-hydrogen) atoms. The smallest absolute Gasteiger partial charge is 0.330 e. The number of unbranched alkanes of at least 4 members (excludes halogenated alkanes) is 1. The van der Waals surface area contributed by atoms with E-state index in [1.54, 1.807) is 11.6 Å². The highest BCUT2D eigenvalue weighted by Crippen LogP contribution is 2.13. The Hall–Kier alpha value is -2.09. The third-order valence-corrected chi connectivity index (χ3v) is 3.41. The minimum atomic E-state index is -0.412. The van der Waals surface area contributed by atoms with E-state index in [0.717, 1.165) is 19.3 Å². The van der Waals surface area contributed by atoms with E-state index in [-0.39, 0.29) is 0 Å². The summed E-state index contributed by atoms with van der Waals surface area (Å²) < 4.78 is 3.20. The number of rotatable bonds is 7. The molecular formula is C13H22N6O2. The van der Waals surface area contributed by atoms with Crippen LogP contribution in [0.1, 0.15) is 26.2 Å². The lowest BCUT2D eigenvalue weighted by atomic mass is 10.3. The molecular weight excluding hydrogens is 272 g/mol. The number of nitrogens with two attached hydrogens (primary N) is 1. The number of hydrogen-bond donors (Lipinski definition) is 3. The monoisotopic (exact) mass is 294 g/mol. The van der Waals surface area contributed by atoms with Crippen LogP contribution in [0.4, 0.5) is 5.95 Å². The molecule has 0 atom stereocenters. The van der Waals surface area contributed by atoms with Crippen molar-refractivity contribution in [2.24, 2.45) is 12.8 Å². The largest absolute Gasteiger partial charge is 0.356 e. The minimum Gasteiger partial charge on any atom is -0.356 e. The predicted octanol–water partition coefficient (Wildman–Crippen LogP) is -0.0159. The van der Waals surface area contributed by atoms with Gasteiger partial charge in [-0.3, -0.25) is 14.3 Å². The zero-order chi connectivity index (χ0) is 15.4. The molecule has 8 heteroatoms. The van der Waals surface area contributed by atoms with E-state index in [2.05, 4.69) is 15.3 Å². The van der Waals surface area contributed by atoms with E-state index in [9.17, 15) is 9.59 Å². The van der Waals surface area contributed by atoms with Crippen molar-refractivity contribution in [3.05, 3.63) is 20.8 Å². The maximum Gasteiger partial charge on any atom is 0.330 e. The molecule has 0 saturated heterocycles. The maximum atomic E-state index is 12.0. The molecule has 0 radical (unpaired) electrons. The lowest BCUT2D eigenvalue weighted by Crippen LogP contribution is -2.31. The van der Waals surface area contributed by atoms with Crippen molar-refractivity contribution < 1.29 is 0 Å². The third-order valence-electron chi connectivity index (χ3n) is 3.41. The first-order valence-corrected chi connectivity index (χ1v) is 7.23. The first kappa shape index (κ1) is 15.3. The number of fused-ring (bicyclic) bond motifs is 1. The molecule has 0 fully saturated rings. The molecule has 2 rings (SSSR count). The Kier molecular flexibility index (Phi) is 4.79. The van der Waals surface area contributed by atoms with Crippen LogP contribution in [0, 0.1) is 0 Å². The number of nitrogens with one attached hydrogen (secondary N) is 2. The number of H-pyrrole nitrogens is 1. The summed E-state index contributed by atoms with van der Waals surface area (Å²) in [4.78, 5) is 30.7. The lowest BCUT2D eigenvalue weighted by Gasteiger charge is -2.04. The Labute approximate surface area is 122 Å². The third kappa shape index (κ3) is 2.99. The molecule has 0 aliphatic heterocycles. The summed E-state index contributed by atoms with van der Waals surface area (Å²) >= 11 is 0. The van der Waals surface area contributed by atoms with Gasteiger partial charge < -0.3 is 15.6 Å². The Morgan fingerprint density at radius 3 is 2.76 bits per heavy atom. The van der Waals surface area contributed by atoms with Crippen molar-refractivity contribution in [2.45, 2.75) is 32.7 Å². The molecule has 0 saturated carbocycles.